The molecule has 1 unspecified atom stereocenters. The molecule has 1 aromatic rings. The van der Waals surface area contributed by atoms with Crippen LogP contribution in [-0.4, -0.2) is 17.2 Å². The lowest BCUT2D eigenvalue weighted by Gasteiger charge is -2.16. The van der Waals surface area contributed by atoms with E-state index in [1.807, 2.05) is 12.2 Å². The minimum absolute atomic E-state index is 0.212. The maximum atomic E-state index is 11.7. The number of allylic oxidation sites excluding steroid dienone is 1. The van der Waals surface area contributed by atoms with Gasteiger partial charge >= 0.3 is 5.97 Å². The molecule has 4 nitrogen and oxygen atoms in total. The van der Waals surface area contributed by atoms with Gasteiger partial charge in [0.05, 0.1) is 5.69 Å². The molecule has 0 heterocycles. The summed E-state index contributed by atoms with van der Waals surface area (Å²) in [4.78, 5) is 11.7. The van der Waals surface area contributed by atoms with Crippen molar-refractivity contribution in [3.05, 3.63) is 41.4 Å². The Hall–Kier alpha value is -1.52. The number of ether oxygens (including phenoxy) is 1. The summed E-state index contributed by atoms with van der Waals surface area (Å²) in [5.74, 6) is -0.635. The molecule has 20 heavy (non-hydrogen) atoms. The van der Waals surface area contributed by atoms with Gasteiger partial charge in [-0.3, -0.25) is 5.43 Å². The van der Waals surface area contributed by atoms with Gasteiger partial charge in [-0.25, -0.2) is 4.79 Å². The summed E-state index contributed by atoms with van der Waals surface area (Å²) in [5, 5.41) is 4.16. The van der Waals surface area contributed by atoms with Crippen LogP contribution in [0.1, 0.15) is 19.3 Å². The number of carbonyl (C=O) groups excluding carboxylic acids is 1. The fourth-order valence-corrected chi connectivity index (χ4v) is 1.96. The Labute approximate surface area is 127 Å². The molecule has 0 saturated carbocycles. The van der Waals surface area contributed by atoms with Gasteiger partial charge in [0.1, 0.15) is 6.10 Å². The molecule has 0 amide bonds. The number of hydrazone groups is 1. The van der Waals surface area contributed by atoms with E-state index in [0.717, 1.165) is 19.3 Å². The van der Waals surface area contributed by atoms with E-state index in [4.69, 9.17) is 27.9 Å². The molecular weight excluding hydrogens is 299 g/mol. The highest BCUT2D eigenvalue weighted by Crippen LogP contribution is 2.15. The van der Waals surface area contributed by atoms with Gasteiger partial charge in [0.15, 0.2) is 0 Å². The van der Waals surface area contributed by atoms with Crippen molar-refractivity contribution in [1.29, 1.82) is 0 Å². The lowest BCUT2D eigenvalue weighted by atomic mass is 10.1. The van der Waals surface area contributed by atoms with Gasteiger partial charge in [0.2, 0.25) is 5.17 Å². The fraction of sp³-hybridized carbons (Fsp3) is 0.286. The van der Waals surface area contributed by atoms with Crippen molar-refractivity contribution in [1.82, 2.24) is 0 Å². The van der Waals surface area contributed by atoms with Crippen molar-refractivity contribution >= 4 is 40.0 Å². The molecule has 6 heteroatoms. The fourth-order valence-electron chi connectivity index (χ4n) is 1.75. The number of anilines is 1. The highest BCUT2D eigenvalue weighted by Gasteiger charge is 2.17. The largest absolute Gasteiger partial charge is 0.453 e. The topological polar surface area (TPSA) is 50.7 Å². The van der Waals surface area contributed by atoms with Crippen molar-refractivity contribution in [3.63, 3.8) is 0 Å². The van der Waals surface area contributed by atoms with E-state index in [1.54, 1.807) is 24.3 Å². The molecule has 1 aliphatic carbocycles. The van der Waals surface area contributed by atoms with Crippen LogP contribution in [-0.2, 0) is 9.53 Å². The van der Waals surface area contributed by atoms with Gasteiger partial charge in [0, 0.05) is 5.02 Å². The van der Waals surface area contributed by atoms with Crippen LogP contribution in [0.2, 0.25) is 5.02 Å². The van der Waals surface area contributed by atoms with Gasteiger partial charge in [0.25, 0.3) is 0 Å². The number of halogens is 2. The first-order valence-corrected chi connectivity index (χ1v) is 7.03. The first-order valence-electron chi connectivity index (χ1n) is 6.27. The van der Waals surface area contributed by atoms with Crippen LogP contribution in [0.5, 0.6) is 0 Å². The maximum absolute atomic E-state index is 11.7. The second-order valence-electron chi connectivity index (χ2n) is 4.32. The summed E-state index contributed by atoms with van der Waals surface area (Å²) in [5.41, 5.74) is 3.35. The molecule has 0 aliphatic heterocycles. The zero-order valence-electron chi connectivity index (χ0n) is 10.7. The Morgan fingerprint density at radius 1 is 1.35 bits per heavy atom. The van der Waals surface area contributed by atoms with Gasteiger partial charge in [-0.15, -0.1) is 0 Å². The van der Waals surface area contributed by atoms with E-state index in [0.29, 0.717) is 10.7 Å². The highest BCUT2D eigenvalue weighted by atomic mass is 35.5. The predicted octanol–water partition coefficient (Wildman–Crippen LogP) is 3.96. The molecule has 0 spiro atoms. The van der Waals surface area contributed by atoms with Crippen LogP contribution in [0.4, 0.5) is 5.69 Å². The molecule has 0 fully saturated rings. The van der Waals surface area contributed by atoms with E-state index in [-0.39, 0.29) is 11.3 Å². The Morgan fingerprint density at radius 3 is 2.75 bits per heavy atom. The predicted molar refractivity (Wildman–Crippen MR) is 81.2 cm³/mol. The zero-order valence-corrected chi connectivity index (χ0v) is 12.2. The molecule has 1 aromatic carbocycles. The third kappa shape index (κ3) is 4.54. The highest BCUT2D eigenvalue weighted by molar-refractivity contribution is 6.82. The van der Waals surface area contributed by atoms with Crippen molar-refractivity contribution in [2.24, 2.45) is 5.10 Å². The Bertz CT molecular complexity index is 526. The molecule has 2 rings (SSSR count). The van der Waals surface area contributed by atoms with Crippen molar-refractivity contribution in [2.45, 2.75) is 25.4 Å². The molecule has 0 radical (unpaired) electrons. The number of nitrogens with one attached hydrogen (secondary N) is 1. The lowest BCUT2D eigenvalue weighted by Crippen LogP contribution is -2.22. The number of benzene rings is 1. The van der Waals surface area contributed by atoms with Crippen molar-refractivity contribution in [2.75, 3.05) is 5.43 Å². The Kier molecular flexibility index (Phi) is 5.44. The summed E-state index contributed by atoms with van der Waals surface area (Å²) < 4.78 is 5.21. The van der Waals surface area contributed by atoms with Crippen LogP contribution >= 0.6 is 23.2 Å². The number of rotatable bonds is 4. The molecule has 0 aromatic heterocycles. The second-order valence-corrected chi connectivity index (χ2v) is 5.12. The van der Waals surface area contributed by atoms with Crippen LogP contribution in [0.15, 0.2) is 41.5 Å². The monoisotopic (exact) mass is 312 g/mol. The molecule has 1 aliphatic rings. The minimum atomic E-state index is -0.635. The number of nitrogens with zero attached hydrogens (tertiary/aromatic N) is 1. The molecule has 1 N–H and O–H groups in total. The lowest BCUT2D eigenvalue weighted by molar-refractivity contribution is -0.138. The number of hydrogen-bond donors (Lipinski definition) is 1. The molecule has 0 bridgehead atoms. The average Bonchev–Trinajstić information content (AvgIpc) is 2.47. The molecule has 1 atom stereocenters. The van der Waals surface area contributed by atoms with Crippen LogP contribution in [0.3, 0.4) is 0 Å². The maximum Gasteiger partial charge on any atom is 0.371 e. The summed E-state index contributed by atoms with van der Waals surface area (Å²) >= 11 is 11.6. The molecule has 106 valence electrons. The smallest absolute Gasteiger partial charge is 0.371 e. The SMILES string of the molecule is O=C(OC1C=CCCC1)C(Cl)=NNc1ccc(Cl)cc1. The summed E-state index contributed by atoms with van der Waals surface area (Å²) in [6.45, 7) is 0. The van der Waals surface area contributed by atoms with Gasteiger partial charge in [-0.05, 0) is 49.6 Å². The summed E-state index contributed by atoms with van der Waals surface area (Å²) in [6.07, 6.45) is 6.50. The second kappa shape index (κ2) is 7.31. The normalized spacial score (nSPS) is 18.7. The third-order valence-corrected chi connectivity index (χ3v) is 3.26. The van der Waals surface area contributed by atoms with Gasteiger partial charge in [-0.1, -0.05) is 29.3 Å². The molecule has 0 saturated heterocycles. The van der Waals surface area contributed by atoms with Crippen LogP contribution < -0.4 is 5.43 Å². The summed E-state index contributed by atoms with van der Waals surface area (Å²) in [7, 11) is 0. The first-order chi connectivity index (χ1) is 9.65. The third-order valence-electron chi connectivity index (χ3n) is 2.76. The van der Waals surface area contributed by atoms with Crippen molar-refractivity contribution < 1.29 is 9.53 Å². The van der Waals surface area contributed by atoms with Gasteiger partial charge < -0.3 is 4.74 Å². The van der Waals surface area contributed by atoms with E-state index in [1.165, 1.54) is 0 Å². The van der Waals surface area contributed by atoms with Gasteiger partial charge in [-0.2, -0.15) is 5.10 Å². The molecular formula is C14H14Cl2N2O2. The van der Waals surface area contributed by atoms with E-state index in [2.05, 4.69) is 10.5 Å². The Balaban J connectivity index is 1.88. The van der Waals surface area contributed by atoms with Crippen LogP contribution in [0, 0.1) is 0 Å². The average molecular weight is 313 g/mol. The standard InChI is InChI=1S/C14H14Cl2N2O2/c15-10-6-8-11(9-7-10)17-18-13(16)14(19)20-12-4-2-1-3-5-12/h2,4,6-9,12,17H,1,3,5H2. The van der Waals surface area contributed by atoms with E-state index < -0.39 is 5.97 Å². The first kappa shape index (κ1) is 14.9. The Morgan fingerprint density at radius 2 is 2.10 bits per heavy atom. The number of carbonyl (C=O) groups is 1. The quantitative estimate of drug-likeness (QED) is 0.396. The summed E-state index contributed by atoms with van der Waals surface area (Å²) in [6, 6.07) is 6.87. The number of hydrogen-bond acceptors (Lipinski definition) is 4. The van der Waals surface area contributed by atoms with E-state index >= 15 is 0 Å². The van der Waals surface area contributed by atoms with Crippen LogP contribution in [0.25, 0.3) is 0 Å². The zero-order chi connectivity index (χ0) is 14.4. The van der Waals surface area contributed by atoms with E-state index in [9.17, 15) is 4.79 Å². The number of esters is 1. The van der Waals surface area contributed by atoms with Crippen molar-refractivity contribution in [3.8, 4) is 0 Å². The minimum Gasteiger partial charge on any atom is -0.453 e.